The Morgan fingerprint density at radius 3 is 2.00 bits per heavy atom. The van der Waals surface area contributed by atoms with Gasteiger partial charge < -0.3 is 15.3 Å². The second-order valence-electron chi connectivity index (χ2n) is 5.90. The first-order valence-corrected chi connectivity index (χ1v) is 8.16. The fourth-order valence-corrected chi connectivity index (χ4v) is 2.74. The molecule has 0 bridgehead atoms. The standard InChI is InChI=1S/C14H28N2O3S/c1-7-14(8-2,20-6)10-15-12(19)16(9-11(17)18)13(3,4)5/h7-10H2,1-6H3,(H,15,19)(H,17,18). The minimum Gasteiger partial charge on any atom is -0.480 e. The van der Waals surface area contributed by atoms with Crippen LogP contribution in [0.25, 0.3) is 0 Å². The lowest BCUT2D eigenvalue weighted by Crippen LogP contribution is -2.54. The predicted molar refractivity (Wildman–Crippen MR) is 84.3 cm³/mol. The topological polar surface area (TPSA) is 69.6 Å². The van der Waals surface area contributed by atoms with Gasteiger partial charge in [0.25, 0.3) is 0 Å². The molecule has 0 rings (SSSR count). The second-order valence-corrected chi connectivity index (χ2v) is 7.18. The first kappa shape index (κ1) is 19.1. The smallest absolute Gasteiger partial charge is 0.323 e. The van der Waals surface area contributed by atoms with Crippen molar-refractivity contribution in [2.75, 3.05) is 19.3 Å². The number of nitrogens with one attached hydrogen (secondary N) is 1. The largest absolute Gasteiger partial charge is 0.480 e. The number of nitrogens with zero attached hydrogens (tertiary/aromatic N) is 1. The van der Waals surface area contributed by atoms with Crippen molar-refractivity contribution in [1.29, 1.82) is 0 Å². The number of amides is 2. The van der Waals surface area contributed by atoms with Crippen LogP contribution in [0.2, 0.25) is 0 Å². The van der Waals surface area contributed by atoms with E-state index in [1.165, 1.54) is 4.90 Å². The van der Waals surface area contributed by atoms with E-state index in [0.717, 1.165) is 12.8 Å². The van der Waals surface area contributed by atoms with Crippen LogP contribution in [0.15, 0.2) is 0 Å². The SMILES string of the molecule is CCC(CC)(CNC(=O)N(CC(=O)O)C(C)(C)C)SC. The van der Waals surface area contributed by atoms with Gasteiger partial charge in [-0.2, -0.15) is 11.8 Å². The Hall–Kier alpha value is -0.910. The normalized spacial score (nSPS) is 12.1. The van der Waals surface area contributed by atoms with Gasteiger partial charge in [-0.05, 0) is 39.9 Å². The number of aliphatic carboxylic acids is 1. The number of thioether (sulfide) groups is 1. The van der Waals surface area contributed by atoms with Crippen LogP contribution in [-0.4, -0.2) is 51.6 Å². The molecule has 0 spiro atoms. The molecule has 6 heteroatoms. The minimum absolute atomic E-state index is 0.0163. The highest BCUT2D eigenvalue weighted by atomic mass is 32.2. The van der Waals surface area contributed by atoms with Crippen LogP contribution in [0.5, 0.6) is 0 Å². The van der Waals surface area contributed by atoms with Gasteiger partial charge in [-0.15, -0.1) is 0 Å². The van der Waals surface area contributed by atoms with Crippen LogP contribution < -0.4 is 5.32 Å². The molecule has 0 fully saturated rings. The minimum atomic E-state index is -1.00. The highest BCUT2D eigenvalue weighted by Gasteiger charge is 2.31. The Morgan fingerprint density at radius 2 is 1.70 bits per heavy atom. The van der Waals surface area contributed by atoms with Gasteiger partial charge in [0.1, 0.15) is 6.54 Å². The van der Waals surface area contributed by atoms with E-state index in [0.29, 0.717) is 6.54 Å². The van der Waals surface area contributed by atoms with Crippen LogP contribution in [0.3, 0.4) is 0 Å². The van der Waals surface area contributed by atoms with Gasteiger partial charge in [-0.3, -0.25) is 4.79 Å². The van der Waals surface area contributed by atoms with E-state index in [-0.39, 0.29) is 17.3 Å². The maximum Gasteiger partial charge on any atom is 0.323 e. The molecule has 0 radical (unpaired) electrons. The van der Waals surface area contributed by atoms with E-state index >= 15 is 0 Å². The Bertz CT molecular complexity index is 328. The molecule has 0 aliphatic heterocycles. The summed E-state index contributed by atoms with van der Waals surface area (Å²) in [5.74, 6) is -1.00. The Morgan fingerprint density at radius 1 is 1.20 bits per heavy atom. The van der Waals surface area contributed by atoms with E-state index in [4.69, 9.17) is 5.11 Å². The Labute approximate surface area is 126 Å². The average molecular weight is 304 g/mol. The zero-order valence-corrected chi connectivity index (χ0v) is 14.3. The fourth-order valence-electron chi connectivity index (χ4n) is 1.94. The average Bonchev–Trinajstić information content (AvgIpc) is 2.36. The summed E-state index contributed by atoms with van der Waals surface area (Å²) in [5.41, 5.74) is -0.525. The maximum absolute atomic E-state index is 12.3. The van der Waals surface area contributed by atoms with Gasteiger partial charge in [0.05, 0.1) is 0 Å². The molecule has 2 amide bonds. The number of urea groups is 1. The summed E-state index contributed by atoms with van der Waals surface area (Å²) >= 11 is 1.74. The van der Waals surface area contributed by atoms with E-state index in [9.17, 15) is 9.59 Å². The summed E-state index contributed by atoms with van der Waals surface area (Å²) in [6.07, 6.45) is 3.96. The maximum atomic E-state index is 12.3. The molecule has 0 aliphatic rings. The molecule has 0 aromatic rings. The van der Waals surface area contributed by atoms with Gasteiger partial charge >= 0.3 is 12.0 Å². The van der Waals surface area contributed by atoms with Gasteiger partial charge in [-0.1, -0.05) is 13.8 Å². The number of rotatable bonds is 7. The van der Waals surface area contributed by atoms with Crippen LogP contribution in [0.4, 0.5) is 4.79 Å². The first-order chi connectivity index (χ1) is 9.11. The Balaban J connectivity index is 4.82. The highest BCUT2D eigenvalue weighted by Crippen LogP contribution is 2.29. The lowest BCUT2D eigenvalue weighted by molar-refractivity contribution is -0.138. The molecule has 0 saturated carbocycles. The van der Waals surface area contributed by atoms with Crippen molar-refractivity contribution in [2.45, 2.75) is 57.7 Å². The fraction of sp³-hybridized carbons (Fsp3) is 0.857. The number of carboxylic acid groups (broad SMARTS) is 1. The summed E-state index contributed by atoms with van der Waals surface area (Å²) in [7, 11) is 0. The molecule has 2 N–H and O–H groups in total. The van der Waals surface area contributed by atoms with Gasteiger partial charge in [0, 0.05) is 16.8 Å². The molecule has 20 heavy (non-hydrogen) atoms. The van der Waals surface area contributed by atoms with Crippen LogP contribution in [0, 0.1) is 0 Å². The third-order valence-electron chi connectivity index (χ3n) is 3.63. The van der Waals surface area contributed by atoms with Crippen LogP contribution >= 0.6 is 11.8 Å². The number of hydrogen-bond donors (Lipinski definition) is 2. The summed E-state index contributed by atoms with van der Waals surface area (Å²) in [5, 5.41) is 11.8. The summed E-state index contributed by atoms with van der Waals surface area (Å²) in [6.45, 7) is 9.95. The number of hydrogen-bond acceptors (Lipinski definition) is 3. The zero-order valence-electron chi connectivity index (χ0n) is 13.4. The number of carboxylic acids is 1. The summed E-state index contributed by atoms with van der Waals surface area (Å²) in [4.78, 5) is 24.5. The van der Waals surface area contributed by atoms with Crippen LogP contribution in [0.1, 0.15) is 47.5 Å². The van der Waals surface area contributed by atoms with Crippen molar-refractivity contribution in [3.05, 3.63) is 0 Å². The molecule has 0 unspecified atom stereocenters. The molecule has 0 atom stereocenters. The first-order valence-electron chi connectivity index (χ1n) is 6.94. The highest BCUT2D eigenvalue weighted by molar-refractivity contribution is 8.00. The lowest BCUT2D eigenvalue weighted by atomic mass is 10.0. The molecule has 0 heterocycles. The number of carbonyl (C=O) groups is 2. The van der Waals surface area contributed by atoms with E-state index in [1.54, 1.807) is 11.8 Å². The predicted octanol–water partition coefficient (Wildman–Crippen LogP) is 2.80. The molecular weight excluding hydrogens is 276 g/mol. The molecule has 5 nitrogen and oxygen atoms in total. The molecule has 0 aromatic carbocycles. The monoisotopic (exact) mass is 304 g/mol. The second kappa shape index (κ2) is 7.76. The van der Waals surface area contributed by atoms with Crippen molar-refractivity contribution < 1.29 is 14.7 Å². The summed E-state index contributed by atoms with van der Waals surface area (Å²) < 4.78 is 0.0163. The molecular formula is C14H28N2O3S. The van der Waals surface area contributed by atoms with Crippen molar-refractivity contribution in [3.8, 4) is 0 Å². The van der Waals surface area contributed by atoms with Gasteiger partial charge in [0.15, 0.2) is 0 Å². The van der Waals surface area contributed by atoms with Crippen LogP contribution in [-0.2, 0) is 4.79 Å². The van der Waals surface area contributed by atoms with Crippen molar-refractivity contribution >= 4 is 23.8 Å². The number of carbonyl (C=O) groups excluding carboxylic acids is 1. The van der Waals surface area contributed by atoms with Gasteiger partial charge in [-0.25, -0.2) is 4.79 Å². The lowest BCUT2D eigenvalue weighted by Gasteiger charge is -2.36. The van der Waals surface area contributed by atoms with E-state index in [1.807, 2.05) is 27.0 Å². The van der Waals surface area contributed by atoms with Gasteiger partial charge in [0.2, 0.25) is 0 Å². The Kier molecular flexibility index (Phi) is 7.41. The third-order valence-corrected chi connectivity index (χ3v) is 5.22. The van der Waals surface area contributed by atoms with Crippen molar-refractivity contribution in [3.63, 3.8) is 0 Å². The third kappa shape index (κ3) is 5.61. The molecule has 0 aromatic heterocycles. The molecule has 0 saturated heterocycles. The van der Waals surface area contributed by atoms with E-state index < -0.39 is 11.5 Å². The van der Waals surface area contributed by atoms with Crippen molar-refractivity contribution in [1.82, 2.24) is 10.2 Å². The zero-order chi connectivity index (χ0) is 16.0. The van der Waals surface area contributed by atoms with E-state index in [2.05, 4.69) is 19.2 Å². The molecule has 118 valence electrons. The summed E-state index contributed by atoms with van der Waals surface area (Å²) in [6, 6.07) is -0.319. The molecule has 0 aliphatic carbocycles. The quantitative estimate of drug-likeness (QED) is 0.759. The van der Waals surface area contributed by atoms with Crippen molar-refractivity contribution in [2.24, 2.45) is 0 Å².